The zero-order chi connectivity index (χ0) is 12.2. The normalized spacial score (nSPS) is 14.1. The molecule has 0 aliphatic rings. The summed E-state index contributed by atoms with van der Waals surface area (Å²) in [6.45, 7) is 6.26. The number of rotatable bonds is 11. The van der Waals surface area contributed by atoms with Crippen molar-refractivity contribution >= 4 is 8.73 Å². The van der Waals surface area contributed by atoms with E-state index in [2.05, 4.69) is 29.3 Å². The lowest BCUT2D eigenvalue weighted by Gasteiger charge is -2.21. The van der Waals surface area contributed by atoms with E-state index in [1.54, 1.807) is 0 Å². The van der Waals surface area contributed by atoms with Crippen molar-refractivity contribution in [1.29, 1.82) is 0 Å². The summed E-state index contributed by atoms with van der Waals surface area (Å²) in [5.74, 6) is 0.584. The smallest absolute Gasteiger partial charge is 0.0347 e. The van der Waals surface area contributed by atoms with Gasteiger partial charge in [0, 0.05) is 18.9 Å². The Labute approximate surface area is 103 Å². The molecule has 2 unspecified atom stereocenters. The molecule has 0 rings (SSSR count). The first-order chi connectivity index (χ1) is 7.70. The maximum absolute atomic E-state index is 5.51. The summed E-state index contributed by atoms with van der Waals surface area (Å²) in [6, 6.07) is 0. The summed E-state index contributed by atoms with van der Waals surface area (Å²) in [6.07, 6.45) is 3.86. The quantitative estimate of drug-likeness (QED) is 0.374. The molecule has 0 amide bonds. The number of likely N-dealkylation sites (N-methyl/N-ethyl adjacent to an activating group) is 1. The number of nitrogens with zero attached hydrogens (tertiary/aromatic N) is 1. The fourth-order valence-corrected chi connectivity index (χ4v) is 2.71. The summed E-state index contributed by atoms with van der Waals surface area (Å²) in [5, 5.41) is 6.73. The molecular weight excluding hydrogens is 219 g/mol. The molecule has 0 bridgehead atoms. The molecule has 4 nitrogen and oxygen atoms in total. The molecule has 0 saturated carbocycles. The first kappa shape index (κ1) is 16.3. The topological polar surface area (TPSA) is 53.3 Å². The Morgan fingerprint density at radius 2 is 1.94 bits per heavy atom. The van der Waals surface area contributed by atoms with Crippen molar-refractivity contribution in [3.05, 3.63) is 0 Å². The molecule has 0 heterocycles. The van der Waals surface area contributed by atoms with Crippen LogP contribution in [0, 0.1) is 0 Å². The van der Waals surface area contributed by atoms with Crippen LogP contribution in [-0.4, -0.2) is 50.7 Å². The van der Waals surface area contributed by atoms with Crippen LogP contribution in [0.15, 0.2) is 0 Å². The van der Waals surface area contributed by atoms with Crippen LogP contribution in [-0.2, 0) is 0 Å². The third kappa shape index (κ3) is 10.8. The summed E-state index contributed by atoms with van der Waals surface area (Å²) in [5.41, 5.74) is 5.51. The monoisotopic (exact) mass is 248 g/mol. The minimum atomic E-state index is 0.584. The molecule has 16 heavy (non-hydrogen) atoms. The van der Waals surface area contributed by atoms with Crippen LogP contribution >= 0.6 is 8.73 Å². The first-order valence-corrected chi connectivity index (χ1v) is 7.28. The van der Waals surface area contributed by atoms with Crippen LogP contribution in [0.25, 0.3) is 0 Å². The van der Waals surface area contributed by atoms with Gasteiger partial charge in [-0.15, -0.1) is 0 Å². The molecule has 4 N–H and O–H groups in total. The highest BCUT2D eigenvalue weighted by Crippen LogP contribution is 2.19. The molecule has 0 radical (unpaired) electrons. The lowest BCUT2D eigenvalue weighted by atomic mass is 10.2. The standard InChI is InChI=1S/C11H29N4P/c1-11(16-15(3)10-7-12)14-9-6-4-5-8-13-2/h11,13-14,16H,4-10,12H2,1-3H3. The number of unbranched alkanes of at least 4 members (excludes halogenated alkanes) is 2. The summed E-state index contributed by atoms with van der Waals surface area (Å²) in [7, 11) is 4.97. The Bertz CT molecular complexity index is 146. The van der Waals surface area contributed by atoms with Crippen LogP contribution in [0.4, 0.5) is 0 Å². The maximum atomic E-state index is 5.51. The highest BCUT2D eigenvalue weighted by atomic mass is 31.1. The van der Waals surface area contributed by atoms with Gasteiger partial charge in [0.15, 0.2) is 0 Å². The van der Waals surface area contributed by atoms with Gasteiger partial charge in [0.2, 0.25) is 0 Å². The Kier molecular flexibility index (Phi) is 11.9. The van der Waals surface area contributed by atoms with Crippen molar-refractivity contribution in [2.24, 2.45) is 5.73 Å². The second-order valence-electron chi connectivity index (χ2n) is 4.18. The van der Waals surface area contributed by atoms with Crippen molar-refractivity contribution in [3.8, 4) is 0 Å². The van der Waals surface area contributed by atoms with Gasteiger partial charge < -0.3 is 16.4 Å². The van der Waals surface area contributed by atoms with Gasteiger partial charge in [-0.25, -0.2) is 0 Å². The highest BCUT2D eigenvalue weighted by molar-refractivity contribution is 7.36. The van der Waals surface area contributed by atoms with E-state index in [1.807, 2.05) is 7.05 Å². The number of hydrogen-bond acceptors (Lipinski definition) is 4. The van der Waals surface area contributed by atoms with Crippen molar-refractivity contribution in [1.82, 2.24) is 15.3 Å². The van der Waals surface area contributed by atoms with E-state index in [0.717, 1.165) is 34.9 Å². The average molecular weight is 248 g/mol. The Hall–Kier alpha value is 0.270. The lowest BCUT2D eigenvalue weighted by molar-refractivity contribution is 0.540. The number of nitrogens with two attached hydrogens (primary N) is 1. The molecule has 0 aromatic rings. The SMILES string of the molecule is CNCCCCCNC(C)PN(C)CCN. The highest BCUT2D eigenvalue weighted by Gasteiger charge is 2.04. The molecule has 0 aromatic carbocycles. The fourth-order valence-electron chi connectivity index (χ4n) is 1.56. The molecule has 0 spiro atoms. The van der Waals surface area contributed by atoms with E-state index >= 15 is 0 Å². The van der Waals surface area contributed by atoms with E-state index in [1.165, 1.54) is 19.3 Å². The van der Waals surface area contributed by atoms with Gasteiger partial charge >= 0.3 is 0 Å². The Balaban J connectivity index is 3.26. The maximum Gasteiger partial charge on any atom is 0.0347 e. The second kappa shape index (κ2) is 11.7. The van der Waals surface area contributed by atoms with Gasteiger partial charge in [-0.1, -0.05) is 6.42 Å². The molecule has 98 valence electrons. The van der Waals surface area contributed by atoms with Gasteiger partial charge in [-0.2, -0.15) is 0 Å². The van der Waals surface area contributed by atoms with E-state index in [4.69, 9.17) is 5.73 Å². The predicted molar refractivity (Wildman–Crippen MR) is 75.2 cm³/mol. The summed E-state index contributed by atoms with van der Waals surface area (Å²) in [4.78, 5) is 0. The minimum Gasteiger partial charge on any atom is -0.329 e. The first-order valence-electron chi connectivity index (χ1n) is 6.26. The van der Waals surface area contributed by atoms with E-state index in [9.17, 15) is 0 Å². The Morgan fingerprint density at radius 1 is 1.25 bits per heavy atom. The minimum absolute atomic E-state index is 0.584. The van der Waals surface area contributed by atoms with Gasteiger partial charge in [0.25, 0.3) is 0 Å². The molecule has 0 saturated heterocycles. The van der Waals surface area contributed by atoms with Crippen LogP contribution in [0.2, 0.25) is 0 Å². The fraction of sp³-hybridized carbons (Fsp3) is 1.00. The lowest BCUT2D eigenvalue weighted by Crippen LogP contribution is -2.28. The molecule has 0 fully saturated rings. The van der Waals surface area contributed by atoms with Crippen molar-refractivity contribution in [2.45, 2.75) is 32.0 Å². The van der Waals surface area contributed by atoms with Crippen molar-refractivity contribution in [3.63, 3.8) is 0 Å². The molecule has 0 aliphatic heterocycles. The number of nitrogens with one attached hydrogen (secondary N) is 2. The third-order valence-electron chi connectivity index (χ3n) is 2.43. The predicted octanol–water partition coefficient (Wildman–Crippen LogP) is 0.796. The van der Waals surface area contributed by atoms with Crippen molar-refractivity contribution in [2.75, 3.05) is 40.3 Å². The zero-order valence-corrected chi connectivity index (χ0v) is 12.1. The van der Waals surface area contributed by atoms with Gasteiger partial charge in [0.05, 0.1) is 0 Å². The van der Waals surface area contributed by atoms with Gasteiger partial charge in [0.1, 0.15) is 0 Å². The second-order valence-corrected chi connectivity index (χ2v) is 6.07. The van der Waals surface area contributed by atoms with Crippen molar-refractivity contribution < 1.29 is 0 Å². The molecular formula is C11H29N4P. The van der Waals surface area contributed by atoms with Crippen LogP contribution in [0.1, 0.15) is 26.2 Å². The van der Waals surface area contributed by atoms with Gasteiger partial charge in [-0.05, 0) is 55.7 Å². The Morgan fingerprint density at radius 3 is 2.56 bits per heavy atom. The van der Waals surface area contributed by atoms with E-state index in [0.29, 0.717) is 5.78 Å². The molecule has 0 aliphatic carbocycles. The van der Waals surface area contributed by atoms with Crippen LogP contribution in [0.3, 0.4) is 0 Å². The van der Waals surface area contributed by atoms with E-state index < -0.39 is 0 Å². The molecule has 2 atom stereocenters. The molecule has 5 heteroatoms. The summed E-state index contributed by atoms with van der Waals surface area (Å²) >= 11 is 0. The van der Waals surface area contributed by atoms with E-state index in [-0.39, 0.29) is 0 Å². The number of hydrogen-bond donors (Lipinski definition) is 3. The van der Waals surface area contributed by atoms with Crippen LogP contribution < -0.4 is 16.4 Å². The zero-order valence-electron chi connectivity index (χ0n) is 11.1. The average Bonchev–Trinajstić information content (AvgIpc) is 2.23. The van der Waals surface area contributed by atoms with Gasteiger partial charge in [-0.3, -0.25) is 4.67 Å². The third-order valence-corrected chi connectivity index (χ3v) is 3.69. The molecule has 0 aromatic heterocycles. The largest absolute Gasteiger partial charge is 0.329 e. The summed E-state index contributed by atoms with van der Waals surface area (Å²) < 4.78 is 2.30. The van der Waals surface area contributed by atoms with Crippen LogP contribution in [0.5, 0.6) is 0 Å².